The van der Waals surface area contributed by atoms with Gasteiger partial charge >= 0.3 is 0 Å². The molecule has 0 aliphatic carbocycles. The van der Waals surface area contributed by atoms with Gasteiger partial charge in [-0.05, 0) is 19.4 Å². The van der Waals surface area contributed by atoms with Crippen molar-refractivity contribution in [1.29, 1.82) is 0 Å². The molecular weight excluding hydrogens is 212 g/mol. The molecule has 0 unspecified atom stereocenters. The third-order valence-corrected chi connectivity index (χ3v) is 2.93. The Kier molecular flexibility index (Phi) is 2.14. The van der Waals surface area contributed by atoms with Crippen molar-refractivity contribution < 1.29 is 8.78 Å². The van der Waals surface area contributed by atoms with Crippen LogP contribution in [0.5, 0.6) is 0 Å². The number of nitrogens with one attached hydrogen (secondary N) is 2. The molecule has 3 rings (SSSR count). The van der Waals surface area contributed by atoms with Gasteiger partial charge in [0.05, 0.1) is 17.1 Å². The summed E-state index contributed by atoms with van der Waals surface area (Å²) in [4.78, 5) is 7.30. The van der Waals surface area contributed by atoms with Gasteiger partial charge in [-0.25, -0.2) is 13.8 Å². The maximum atomic E-state index is 13.0. The zero-order valence-electron chi connectivity index (χ0n) is 8.56. The lowest BCUT2D eigenvalue weighted by Crippen LogP contribution is -2.13. The summed E-state index contributed by atoms with van der Waals surface area (Å²) in [7, 11) is 0. The molecule has 16 heavy (non-hydrogen) atoms. The zero-order valence-corrected chi connectivity index (χ0v) is 8.56. The topological polar surface area (TPSA) is 40.7 Å². The summed E-state index contributed by atoms with van der Waals surface area (Å²) in [5.74, 6) is -0.940. The third-order valence-electron chi connectivity index (χ3n) is 2.93. The highest BCUT2D eigenvalue weighted by Gasteiger charge is 2.20. The predicted octanol–water partition coefficient (Wildman–Crippen LogP) is 2.27. The number of fused-ring (bicyclic) bond motifs is 1. The standard InChI is InChI=1S/C11H11F2N3/c12-6-4-9-10(5-7(6)13)16-11(15-9)8-2-1-3-14-8/h4-5,8,14H,1-3H2,(H,15,16)/t8-/m1/s1. The Balaban J connectivity index is 2.08. The Morgan fingerprint density at radius 1 is 1.25 bits per heavy atom. The van der Waals surface area contributed by atoms with Gasteiger partial charge in [0.1, 0.15) is 5.82 Å². The summed E-state index contributed by atoms with van der Waals surface area (Å²) >= 11 is 0. The quantitative estimate of drug-likeness (QED) is 0.778. The smallest absolute Gasteiger partial charge is 0.161 e. The third kappa shape index (κ3) is 1.48. The molecule has 2 aromatic rings. The maximum absolute atomic E-state index is 13.0. The summed E-state index contributed by atoms with van der Waals surface area (Å²) in [6.45, 7) is 0.963. The van der Waals surface area contributed by atoms with E-state index < -0.39 is 11.6 Å². The Hall–Kier alpha value is -1.49. The van der Waals surface area contributed by atoms with Crippen LogP contribution in [0, 0.1) is 11.6 Å². The fourth-order valence-corrected chi connectivity index (χ4v) is 2.11. The fourth-order valence-electron chi connectivity index (χ4n) is 2.11. The number of aromatic nitrogens is 2. The molecule has 1 aromatic heterocycles. The normalized spacial score (nSPS) is 20.8. The van der Waals surface area contributed by atoms with Crippen molar-refractivity contribution >= 4 is 11.0 Å². The first kappa shape index (κ1) is 9.72. The molecule has 2 N–H and O–H groups in total. The van der Waals surface area contributed by atoms with Gasteiger partial charge in [-0.3, -0.25) is 0 Å². The molecular formula is C11H11F2N3. The first-order valence-corrected chi connectivity index (χ1v) is 5.32. The van der Waals surface area contributed by atoms with E-state index >= 15 is 0 Å². The molecule has 0 bridgehead atoms. The fraction of sp³-hybridized carbons (Fsp3) is 0.364. The van der Waals surface area contributed by atoms with Crippen LogP contribution in [0.15, 0.2) is 12.1 Å². The van der Waals surface area contributed by atoms with Gasteiger partial charge in [0, 0.05) is 12.1 Å². The minimum atomic E-state index is -0.857. The highest BCUT2D eigenvalue weighted by Crippen LogP contribution is 2.24. The van der Waals surface area contributed by atoms with Crippen LogP contribution in [0.4, 0.5) is 8.78 Å². The van der Waals surface area contributed by atoms with Gasteiger partial charge in [0.25, 0.3) is 0 Å². The second-order valence-electron chi connectivity index (χ2n) is 4.05. The van der Waals surface area contributed by atoms with Gasteiger partial charge in [-0.15, -0.1) is 0 Å². The molecule has 5 heteroatoms. The number of nitrogens with zero attached hydrogens (tertiary/aromatic N) is 1. The van der Waals surface area contributed by atoms with Gasteiger partial charge in [0.15, 0.2) is 11.6 Å². The van der Waals surface area contributed by atoms with Crippen LogP contribution in [-0.4, -0.2) is 16.5 Å². The molecule has 0 radical (unpaired) electrons. The number of hydrogen-bond acceptors (Lipinski definition) is 2. The largest absolute Gasteiger partial charge is 0.341 e. The second-order valence-corrected chi connectivity index (χ2v) is 4.05. The van der Waals surface area contributed by atoms with E-state index in [1.807, 2.05) is 0 Å². The van der Waals surface area contributed by atoms with E-state index in [4.69, 9.17) is 0 Å². The van der Waals surface area contributed by atoms with E-state index in [9.17, 15) is 8.78 Å². The first-order chi connectivity index (χ1) is 7.74. The number of rotatable bonds is 1. The number of halogens is 2. The lowest BCUT2D eigenvalue weighted by molar-refractivity contribution is 0.510. The van der Waals surface area contributed by atoms with Crippen LogP contribution in [-0.2, 0) is 0 Å². The minimum absolute atomic E-state index is 0.179. The van der Waals surface area contributed by atoms with Crippen molar-refractivity contribution in [3.63, 3.8) is 0 Å². The molecule has 1 aliphatic heterocycles. The molecule has 1 fully saturated rings. The maximum Gasteiger partial charge on any atom is 0.161 e. The molecule has 1 aliphatic rings. The molecule has 0 spiro atoms. The average molecular weight is 223 g/mol. The van der Waals surface area contributed by atoms with Crippen LogP contribution >= 0.6 is 0 Å². The van der Waals surface area contributed by atoms with Gasteiger partial charge in [-0.1, -0.05) is 0 Å². The van der Waals surface area contributed by atoms with E-state index in [1.165, 1.54) is 0 Å². The van der Waals surface area contributed by atoms with Crippen molar-refractivity contribution in [2.45, 2.75) is 18.9 Å². The highest BCUT2D eigenvalue weighted by molar-refractivity contribution is 5.75. The molecule has 3 nitrogen and oxygen atoms in total. The molecule has 0 saturated carbocycles. The number of aromatic amines is 1. The van der Waals surface area contributed by atoms with Gasteiger partial charge in [-0.2, -0.15) is 0 Å². The van der Waals surface area contributed by atoms with Gasteiger partial charge in [0.2, 0.25) is 0 Å². The summed E-state index contributed by atoms with van der Waals surface area (Å²) in [5, 5.41) is 3.28. The van der Waals surface area contributed by atoms with Crippen molar-refractivity contribution in [2.75, 3.05) is 6.54 Å². The molecule has 1 atom stereocenters. The van der Waals surface area contributed by atoms with Crippen molar-refractivity contribution in [3.05, 3.63) is 29.6 Å². The number of benzene rings is 1. The van der Waals surface area contributed by atoms with E-state index in [0.29, 0.717) is 11.0 Å². The summed E-state index contributed by atoms with van der Waals surface area (Å²) in [5.41, 5.74) is 1.02. The van der Waals surface area contributed by atoms with E-state index in [0.717, 1.165) is 37.3 Å². The van der Waals surface area contributed by atoms with Crippen LogP contribution < -0.4 is 5.32 Å². The minimum Gasteiger partial charge on any atom is -0.341 e. The Morgan fingerprint density at radius 3 is 2.81 bits per heavy atom. The molecule has 1 aromatic carbocycles. The van der Waals surface area contributed by atoms with Crippen molar-refractivity contribution in [2.24, 2.45) is 0 Å². The Labute approximate surface area is 90.9 Å². The summed E-state index contributed by atoms with van der Waals surface area (Å²) < 4.78 is 26.0. The Morgan fingerprint density at radius 2 is 2.06 bits per heavy atom. The SMILES string of the molecule is Fc1cc2nc([C@H]3CCCN3)[nH]c2cc1F. The number of H-pyrrole nitrogens is 1. The first-order valence-electron chi connectivity index (χ1n) is 5.32. The van der Waals surface area contributed by atoms with Gasteiger partial charge < -0.3 is 10.3 Å². The zero-order chi connectivity index (χ0) is 11.1. The van der Waals surface area contributed by atoms with Crippen LogP contribution in [0.2, 0.25) is 0 Å². The molecule has 1 saturated heterocycles. The Bertz CT molecular complexity index is 490. The predicted molar refractivity (Wildman–Crippen MR) is 56.0 cm³/mol. The summed E-state index contributed by atoms with van der Waals surface area (Å²) in [6, 6.07) is 2.45. The van der Waals surface area contributed by atoms with E-state index in [-0.39, 0.29) is 6.04 Å². The molecule has 2 heterocycles. The van der Waals surface area contributed by atoms with Crippen molar-refractivity contribution in [1.82, 2.24) is 15.3 Å². The van der Waals surface area contributed by atoms with E-state index in [1.54, 1.807) is 0 Å². The second kappa shape index (κ2) is 3.52. The van der Waals surface area contributed by atoms with Crippen molar-refractivity contribution in [3.8, 4) is 0 Å². The molecule has 0 amide bonds. The van der Waals surface area contributed by atoms with E-state index in [2.05, 4.69) is 15.3 Å². The molecule has 84 valence electrons. The lowest BCUT2D eigenvalue weighted by Gasteiger charge is -2.04. The van der Waals surface area contributed by atoms with Crippen LogP contribution in [0.3, 0.4) is 0 Å². The number of hydrogen-bond donors (Lipinski definition) is 2. The monoisotopic (exact) mass is 223 g/mol. The summed E-state index contributed by atoms with van der Waals surface area (Å²) in [6.07, 6.45) is 2.11. The number of imidazole rings is 1. The lowest BCUT2D eigenvalue weighted by atomic mass is 10.2. The van der Waals surface area contributed by atoms with Crippen LogP contribution in [0.1, 0.15) is 24.7 Å². The highest BCUT2D eigenvalue weighted by atomic mass is 19.2. The van der Waals surface area contributed by atoms with Crippen LogP contribution in [0.25, 0.3) is 11.0 Å². The average Bonchev–Trinajstić information content (AvgIpc) is 2.86.